The second-order valence-corrected chi connectivity index (χ2v) is 4.33. The summed E-state index contributed by atoms with van der Waals surface area (Å²) in [4.78, 5) is 0. The zero-order valence-corrected chi connectivity index (χ0v) is 8.06. The van der Waals surface area contributed by atoms with Crippen molar-refractivity contribution in [3.8, 4) is 0 Å². The molecule has 1 heterocycles. The van der Waals surface area contributed by atoms with Crippen molar-refractivity contribution < 1.29 is 5.11 Å². The molecule has 1 aliphatic heterocycles. The lowest BCUT2D eigenvalue weighted by Crippen LogP contribution is -2.51. The van der Waals surface area contributed by atoms with Gasteiger partial charge >= 0.3 is 0 Å². The maximum absolute atomic E-state index is 10.4. The Balaban J connectivity index is 2.17. The molecule has 2 unspecified atom stereocenters. The first-order chi connectivity index (χ1) is 5.68. The molecule has 0 bridgehead atoms. The van der Waals surface area contributed by atoms with Crippen molar-refractivity contribution in [3.05, 3.63) is 0 Å². The highest BCUT2D eigenvalue weighted by Crippen LogP contribution is 2.57. The van der Waals surface area contributed by atoms with Crippen LogP contribution in [0.2, 0.25) is 0 Å². The van der Waals surface area contributed by atoms with E-state index in [0.717, 1.165) is 25.3 Å². The summed E-state index contributed by atoms with van der Waals surface area (Å²) in [5, 5.41) is 13.9. The highest BCUT2D eigenvalue weighted by molar-refractivity contribution is 5.23. The van der Waals surface area contributed by atoms with E-state index >= 15 is 0 Å². The number of fused-ring (bicyclic) bond motifs is 1. The lowest BCUT2D eigenvalue weighted by Gasteiger charge is -2.34. The van der Waals surface area contributed by atoms with E-state index in [1.54, 1.807) is 0 Å². The minimum Gasteiger partial charge on any atom is -0.388 e. The first-order valence-corrected chi connectivity index (χ1v) is 5.16. The van der Waals surface area contributed by atoms with Crippen LogP contribution < -0.4 is 5.32 Å². The van der Waals surface area contributed by atoms with Crippen LogP contribution in [-0.4, -0.2) is 22.8 Å². The standard InChI is InChI=1S/C10H19NO/c1-3-9(12,4-2)10-7-8(10)5-6-11-10/h8,11-12H,3-7H2,1-2H3. The minimum absolute atomic E-state index is 0.122. The summed E-state index contributed by atoms with van der Waals surface area (Å²) in [5.41, 5.74) is -0.315. The summed E-state index contributed by atoms with van der Waals surface area (Å²) in [6.45, 7) is 5.29. The lowest BCUT2D eigenvalue weighted by atomic mass is 9.85. The lowest BCUT2D eigenvalue weighted by molar-refractivity contribution is -0.0159. The van der Waals surface area contributed by atoms with Gasteiger partial charge in [-0.15, -0.1) is 0 Å². The molecule has 2 aliphatic rings. The van der Waals surface area contributed by atoms with Crippen LogP contribution in [0.3, 0.4) is 0 Å². The molecule has 1 saturated carbocycles. The van der Waals surface area contributed by atoms with Crippen molar-refractivity contribution in [2.24, 2.45) is 5.92 Å². The molecule has 1 saturated heterocycles. The quantitative estimate of drug-likeness (QED) is 0.667. The second kappa shape index (κ2) is 2.46. The molecule has 2 atom stereocenters. The Labute approximate surface area is 74.4 Å². The van der Waals surface area contributed by atoms with Crippen molar-refractivity contribution in [2.45, 2.75) is 50.7 Å². The third-order valence-corrected chi connectivity index (χ3v) is 4.04. The average molecular weight is 169 g/mol. The predicted octanol–water partition coefficient (Wildman–Crippen LogP) is 1.29. The monoisotopic (exact) mass is 169 g/mol. The van der Waals surface area contributed by atoms with E-state index in [1.165, 1.54) is 12.8 Å². The summed E-state index contributed by atoms with van der Waals surface area (Å²) in [5.74, 6) is 0.766. The van der Waals surface area contributed by atoms with Gasteiger partial charge in [0.25, 0.3) is 0 Å². The van der Waals surface area contributed by atoms with Gasteiger partial charge in [0.15, 0.2) is 0 Å². The highest BCUT2D eigenvalue weighted by atomic mass is 16.3. The predicted molar refractivity (Wildman–Crippen MR) is 49.0 cm³/mol. The van der Waals surface area contributed by atoms with E-state index in [9.17, 15) is 5.11 Å². The van der Waals surface area contributed by atoms with Gasteiger partial charge in [-0.3, -0.25) is 0 Å². The van der Waals surface area contributed by atoms with Crippen LogP contribution in [0.4, 0.5) is 0 Å². The Morgan fingerprint density at radius 1 is 1.50 bits per heavy atom. The van der Waals surface area contributed by atoms with E-state index in [4.69, 9.17) is 0 Å². The van der Waals surface area contributed by atoms with Crippen LogP contribution in [0, 0.1) is 5.92 Å². The third-order valence-electron chi connectivity index (χ3n) is 4.04. The van der Waals surface area contributed by atoms with Gasteiger partial charge in [0.05, 0.1) is 11.1 Å². The first kappa shape index (κ1) is 8.52. The first-order valence-electron chi connectivity index (χ1n) is 5.16. The summed E-state index contributed by atoms with van der Waals surface area (Å²) in [6, 6.07) is 0. The molecule has 0 radical (unpaired) electrons. The fourth-order valence-corrected chi connectivity index (χ4v) is 2.98. The van der Waals surface area contributed by atoms with Gasteiger partial charge in [0.2, 0.25) is 0 Å². The maximum Gasteiger partial charge on any atom is 0.0826 e. The van der Waals surface area contributed by atoms with Crippen LogP contribution in [0.5, 0.6) is 0 Å². The Hall–Kier alpha value is -0.0800. The number of hydrogen-bond acceptors (Lipinski definition) is 2. The molecule has 1 aliphatic carbocycles. The van der Waals surface area contributed by atoms with Crippen LogP contribution in [0.25, 0.3) is 0 Å². The Morgan fingerprint density at radius 2 is 2.17 bits per heavy atom. The zero-order valence-electron chi connectivity index (χ0n) is 8.06. The van der Waals surface area contributed by atoms with Crippen LogP contribution in [0.1, 0.15) is 39.5 Å². The van der Waals surface area contributed by atoms with Gasteiger partial charge in [0, 0.05) is 0 Å². The van der Waals surface area contributed by atoms with Crippen molar-refractivity contribution >= 4 is 0 Å². The van der Waals surface area contributed by atoms with E-state index in [2.05, 4.69) is 19.2 Å². The smallest absolute Gasteiger partial charge is 0.0826 e. The van der Waals surface area contributed by atoms with Crippen LogP contribution in [-0.2, 0) is 0 Å². The highest BCUT2D eigenvalue weighted by Gasteiger charge is 2.66. The Kier molecular flexibility index (Phi) is 1.74. The minimum atomic E-state index is -0.436. The summed E-state index contributed by atoms with van der Waals surface area (Å²) >= 11 is 0. The summed E-state index contributed by atoms with van der Waals surface area (Å²) < 4.78 is 0. The molecule has 12 heavy (non-hydrogen) atoms. The second-order valence-electron chi connectivity index (χ2n) is 4.33. The van der Waals surface area contributed by atoms with Crippen LogP contribution in [0.15, 0.2) is 0 Å². The maximum atomic E-state index is 10.4. The van der Waals surface area contributed by atoms with Gasteiger partial charge in [-0.2, -0.15) is 0 Å². The summed E-state index contributed by atoms with van der Waals surface area (Å²) in [6.07, 6.45) is 4.23. The SMILES string of the molecule is CCC(O)(CC)C12CC1CCN2. The average Bonchev–Trinajstić information content (AvgIpc) is 2.69. The molecule has 2 nitrogen and oxygen atoms in total. The van der Waals surface area contributed by atoms with Gasteiger partial charge in [0.1, 0.15) is 0 Å². The molecule has 2 heteroatoms. The molecule has 0 amide bonds. The molecule has 0 aromatic carbocycles. The van der Waals surface area contributed by atoms with Gasteiger partial charge in [-0.1, -0.05) is 13.8 Å². The molecule has 0 aromatic heterocycles. The number of nitrogens with one attached hydrogen (secondary N) is 1. The molecule has 2 N–H and O–H groups in total. The molecule has 0 spiro atoms. The van der Waals surface area contributed by atoms with Crippen molar-refractivity contribution in [2.75, 3.05) is 6.54 Å². The molecule has 2 fully saturated rings. The van der Waals surface area contributed by atoms with Crippen molar-refractivity contribution in [3.63, 3.8) is 0 Å². The van der Waals surface area contributed by atoms with Gasteiger partial charge in [-0.25, -0.2) is 0 Å². The molecule has 2 rings (SSSR count). The fourth-order valence-electron chi connectivity index (χ4n) is 2.98. The van der Waals surface area contributed by atoms with Gasteiger partial charge in [-0.05, 0) is 38.1 Å². The number of hydrogen-bond donors (Lipinski definition) is 2. The zero-order chi connectivity index (χ0) is 8.82. The number of rotatable bonds is 3. The molecular formula is C10H19NO. The summed E-state index contributed by atoms with van der Waals surface area (Å²) in [7, 11) is 0. The molecular weight excluding hydrogens is 150 g/mol. The number of aliphatic hydroxyl groups is 1. The largest absolute Gasteiger partial charge is 0.388 e. The number of piperidine rings is 1. The Bertz CT molecular complexity index is 186. The van der Waals surface area contributed by atoms with Gasteiger partial charge < -0.3 is 10.4 Å². The topological polar surface area (TPSA) is 32.3 Å². The van der Waals surface area contributed by atoms with E-state index in [0.29, 0.717) is 0 Å². The van der Waals surface area contributed by atoms with Crippen molar-refractivity contribution in [1.29, 1.82) is 0 Å². The molecule has 0 aromatic rings. The molecule has 70 valence electrons. The third kappa shape index (κ3) is 0.826. The van der Waals surface area contributed by atoms with E-state index < -0.39 is 5.60 Å². The fraction of sp³-hybridized carbons (Fsp3) is 1.00. The van der Waals surface area contributed by atoms with Crippen molar-refractivity contribution in [1.82, 2.24) is 5.32 Å². The van der Waals surface area contributed by atoms with E-state index in [-0.39, 0.29) is 5.54 Å². The van der Waals surface area contributed by atoms with Crippen LogP contribution >= 0.6 is 0 Å². The normalized spacial score (nSPS) is 39.8. The Morgan fingerprint density at radius 3 is 2.50 bits per heavy atom. The van der Waals surface area contributed by atoms with E-state index in [1.807, 2.05) is 0 Å².